The minimum atomic E-state index is -0.334. The zero-order valence-electron chi connectivity index (χ0n) is 13.1. The summed E-state index contributed by atoms with van der Waals surface area (Å²) in [7, 11) is 1.32. The maximum atomic E-state index is 11.6. The molecule has 0 aromatic heterocycles. The lowest BCUT2D eigenvalue weighted by Gasteiger charge is -2.08. The molecule has 0 bridgehead atoms. The Kier molecular flexibility index (Phi) is 4.64. The Morgan fingerprint density at radius 1 is 1.17 bits per heavy atom. The lowest BCUT2D eigenvalue weighted by atomic mass is 9.79. The highest BCUT2D eigenvalue weighted by atomic mass is 16.6. The molecule has 2 aromatic rings. The summed E-state index contributed by atoms with van der Waals surface area (Å²) in [6, 6.07) is 12.6. The molecule has 0 fully saturated rings. The zero-order chi connectivity index (χ0) is 16.2. The number of fused-ring (bicyclic) bond motifs is 1. The number of rotatable bonds is 5. The summed E-state index contributed by atoms with van der Waals surface area (Å²) in [6.45, 7) is 2.64. The van der Waals surface area contributed by atoms with Crippen molar-refractivity contribution in [2.24, 2.45) is 0 Å². The molecule has 0 amide bonds. The Morgan fingerprint density at radius 2 is 1.91 bits per heavy atom. The first kappa shape index (κ1) is 15.6. The fraction of sp³-hybridized carbons (Fsp3) is 0.235. The fourth-order valence-electron chi connectivity index (χ4n) is 2.46. The molecule has 0 saturated carbocycles. The van der Waals surface area contributed by atoms with Gasteiger partial charge in [-0.3, -0.25) is 0 Å². The van der Waals surface area contributed by atoms with E-state index >= 15 is 0 Å². The summed E-state index contributed by atoms with van der Waals surface area (Å²) >= 11 is 0. The maximum absolute atomic E-state index is 11.6. The van der Waals surface area contributed by atoms with E-state index in [0.29, 0.717) is 30.3 Å². The highest BCUT2D eigenvalue weighted by Crippen LogP contribution is 2.24. The third-order valence-electron chi connectivity index (χ3n) is 3.57. The standard InChI is InChI=1S/C17H17BO5/c1-3-21-17(19)12-4-6-14(7-5-12)23-15-8-9-16-13(10-15)11-22-18(16)20-2/h4-10H,3,11H2,1-2H3. The van der Waals surface area contributed by atoms with Gasteiger partial charge >= 0.3 is 13.1 Å². The van der Waals surface area contributed by atoms with E-state index in [2.05, 4.69) is 0 Å². The van der Waals surface area contributed by atoms with Gasteiger partial charge in [0.1, 0.15) is 11.5 Å². The summed E-state index contributed by atoms with van der Waals surface area (Å²) in [5.41, 5.74) is 2.58. The van der Waals surface area contributed by atoms with Crippen LogP contribution in [0.3, 0.4) is 0 Å². The van der Waals surface area contributed by atoms with Crippen molar-refractivity contribution in [2.45, 2.75) is 13.5 Å². The van der Waals surface area contributed by atoms with Gasteiger partial charge in [-0.15, -0.1) is 0 Å². The van der Waals surface area contributed by atoms with Crippen LogP contribution in [0, 0.1) is 0 Å². The Bertz CT molecular complexity index is 699. The van der Waals surface area contributed by atoms with E-state index in [0.717, 1.165) is 11.0 Å². The summed E-state index contributed by atoms with van der Waals surface area (Å²) in [5, 5.41) is 0. The molecule has 2 aromatic carbocycles. The topological polar surface area (TPSA) is 54.0 Å². The van der Waals surface area contributed by atoms with Crippen molar-refractivity contribution in [3.05, 3.63) is 53.6 Å². The van der Waals surface area contributed by atoms with Crippen LogP contribution in [-0.2, 0) is 20.7 Å². The van der Waals surface area contributed by atoms with Crippen molar-refractivity contribution >= 4 is 18.6 Å². The molecule has 0 spiro atoms. The number of carbonyl (C=O) groups is 1. The van der Waals surface area contributed by atoms with Crippen molar-refractivity contribution in [3.63, 3.8) is 0 Å². The van der Waals surface area contributed by atoms with E-state index < -0.39 is 0 Å². The molecule has 23 heavy (non-hydrogen) atoms. The number of hydrogen-bond donors (Lipinski definition) is 0. The maximum Gasteiger partial charge on any atom is 0.494 e. The molecule has 5 nitrogen and oxygen atoms in total. The Hall–Kier alpha value is -2.31. The van der Waals surface area contributed by atoms with Gasteiger partial charge in [0, 0.05) is 7.11 Å². The minimum Gasteiger partial charge on any atom is -0.462 e. The van der Waals surface area contributed by atoms with Crippen LogP contribution < -0.4 is 10.2 Å². The number of hydrogen-bond acceptors (Lipinski definition) is 5. The third-order valence-corrected chi connectivity index (χ3v) is 3.57. The molecular weight excluding hydrogens is 295 g/mol. The molecule has 1 aliphatic heterocycles. The first-order valence-corrected chi connectivity index (χ1v) is 7.43. The molecule has 0 N–H and O–H groups in total. The van der Waals surface area contributed by atoms with E-state index in [1.54, 1.807) is 38.3 Å². The Labute approximate surface area is 135 Å². The Morgan fingerprint density at radius 3 is 2.61 bits per heavy atom. The smallest absolute Gasteiger partial charge is 0.462 e. The molecule has 1 aliphatic rings. The predicted octanol–water partition coefficient (Wildman–Crippen LogP) is 2.53. The van der Waals surface area contributed by atoms with E-state index in [4.69, 9.17) is 18.8 Å². The van der Waals surface area contributed by atoms with Crippen molar-refractivity contribution in [2.75, 3.05) is 13.7 Å². The van der Waals surface area contributed by atoms with Gasteiger partial charge in [-0.25, -0.2) is 4.79 Å². The normalized spacial score (nSPS) is 12.9. The first-order chi connectivity index (χ1) is 11.2. The average Bonchev–Trinajstić information content (AvgIpc) is 2.98. The second-order valence-electron chi connectivity index (χ2n) is 5.09. The van der Waals surface area contributed by atoms with Crippen molar-refractivity contribution in [1.29, 1.82) is 0 Å². The molecule has 6 heteroatoms. The molecule has 0 aliphatic carbocycles. The van der Waals surface area contributed by atoms with Crippen LogP contribution in [0.1, 0.15) is 22.8 Å². The number of esters is 1. The van der Waals surface area contributed by atoms with Gasteiger partial charge in [0.25, 0.3) is 0 Å². The summed E-state index contributed by atoms with van der Waals surface area (Å²) in [6.07, 6.45) is 0. The average molecular weight is 312 g/mol. The van der Waals surface area contributed by atoms with Crippen LogP contribution in [0.4, 0.5) is 0 Å². The van der Waals surface area contributed by atoms with E-state index in [1.807, 2.05) is 18.2 Å². The molecule has 0 radical (unpaired) electrons. The van der Waals surface area contributed by atoms with Crippen LogP contribution in [0.2, 0.25) is 0 Å². The predicted molar refractivity (Wildman–Crippen MR) is 86.1 cm³/mol. The molecular formula is C17H17BO5. The highest BCUT2D eigenvalue weighted by Gasteiger charge is 2.29. The molecule has 0 atom stereocenters. The second-order valence-corrected chi connectivity index (χ2v) is 5.09. The lowest BCUT2D eigenvalue weighted by Crippen LogP contribution is -2.30. The van der Waals surface area contributed by atoms with Crippen molar-refractivity contribution in [3.8, 4) is 11.5 Å². The molecule has 118 valence electrons. The van der Waals surface area contributed by atoms with E-state index in [1.165, 1.54) is 0 Å². The van der Waals surface area contributed by atoms with E-state index in [-0.39, 0.29) is 13.1 Å². The molecule has 0 unspecified atom stereocenters. The van der Waals surface area contributed by atoms with Crippen molar-refractivity contribution in [1.82, 2.24) is 0 Å². The highest BCUT2D eigenvalue weighted by molar-refractivity contribution is 6.62. The van der Waals surface area contributed by atoms with E-state index in [9.17, 15) is 4.79 Å². The molecule has 0 saturated heterocycles. The van der Waals surface area contributed by atoms with Gasteiger partial charge in [-0.2, -0.15) is 0 Å². The van der Waals surface area contributed by atoms with Crippen LogP contribution in [0.15, 0.2) is 42.5 Å². The van der Waals surface area contributed by atoms with Crippen LogP contribution >= 0.6 is 0 Å². The SMILES string of the molecule is CCOC(=O)c1ccc(Oc2ccc3c(c2)COB3OC)cc1. The number of ether oxygens (including phenoxy) is 2. The molecule has 3 rings (SSSR count). The van der Waals surface area contributed by atoms with Gasteiger partial charge in [0.15, 0.2) is 0 Å². The first-order valence-electron chi connectivity index (χ1n) is 7.43. The summed E-state index contributed by atoms with van der Waals surface area (Å²) in [4.78, 5) is 11.6. The van der Waals surface area contributed by atoms with Gasteiger partial charge in [-0.05, 0) is 54.3 Å². The lowest BCUT2D eigenvalue weighted by molar-refractivity contribution is 0.0526. The van der Waals surface area contributed by atoms with Crippen LogP contribution in [0.25, 0.3) is 0 Å². The van der Waals surface area contributed by atoms with Crippen molar-refractivity contribution < 1.29 is 23.6 Å². The largest absolute Gasteiger partial charge is 0.494 e. The number of benzene rings is 2. The monoisotopic (exact) mass is 312 g/mol. The summed E-state index contributed by atoms with van der Waals surface area (Å²) < 4.78 is 21.5. The zero-order valence-corrected chi connectivity index (χ0v) is 13.1. The van der Waals surface area contributed by atoms with Crippen LogP contribution in [0.5, 0.6) is 11.5 Å². The summed E-state index contributed by atoms with van der Waals surface area (Å²) in [5.74, 6) is 1.03. The van der Waals surface area contributed by atoms with Gasteiger partial charge < -0.3 is 18.8 Å². The van der Waals surface area contributed by atoms with Gasteiger partial charge in [0.05, 0.1) is 18.8 Å². The van der Waals surface area contributed by atoms with Gasteiger partial charge in [-0.1, -0.05) is 6.07 Å². The third kappa shape index (κ3) is 3.38. The fourth-order valence-corrected chi connectivity index (χ4v) is 2.46. The minimum absolute atomic E-state index is 0.303. The van der Waals surface area contributed by atoms with Crippen LogP contribution in [-0.4, -0.2) is 26.8 Å². The quantitative estimate of drug-likeness (QED) is 0.627. The second kappa shape index (κ2) is 6.85. The van der Waals surface area contributed by atoms with Gasteiger partial charge in [0.2, 0.25) is 0 Å². The molecule has 1 heterocycles. The number of carbonyl (C=O) groups excluding carboxylic acids is 1. The Balaban J connectivity index is 1.71.